The summed E-state index contributed by atoms with van der Waals surface area (Å²) >= 11 is 0. The third-order valence-electron chi connectivity index (χ3n) is 2.39. The van der Waals surface area contributed by atoms with Gasteiger partial charge in [0, 0.05) is 6.07 Å². The fourth-order valence-corrected chi connectivity index (χ4v) is 2.34. The van der Waals surface area contributed by atoms with Gasteiger partial charge in [0.25, 0.3) is 5.69 Å². The Bertz CT molecular complexity index is 631. The van der Waals surface area contributed by atoms with Crippen LogP contribution in [0.3, 0.4) is 0 Å². The van der Waals surface area contributed by atoms with Crippen LogP contribution in [0.5, 0.6) is 0 Å². The Morgan fingerprint density at radius 3 is 2.47 bits per heavy atom. The summed E-state index contributed by atoms with van der Waals surface area (Å²) < 4.78 is 14.7. The van der Waals surface area contributed by atoms with Crippen molar-refractivity contribution in [3.8, 4) is 0 Å². The maximum atomic E-state index is 12.0. The summed E-state index contributed by atoms with van der Waals surface area (Å²) in [5, 5.41) is 10.8. The number of anilines is 2. The van der Waals surface area contributed by atoms with Crippen LogP contribution in [0.25, 0.3) is 0 Å². The van der Waals surface area contributed by atoms with E-state index < -0.39 is 15.9 Å². The van der Waals surface area contributed by atoms with Crippen molar-refractivity contribution in [1.29, 1.82) is 0 Å². The second kappa shape index (κ2) is 5.49. The Kier molecular flexibility index (Phi) is 3.76. The number of nitro benzene ring substituents is 1. The van der Waals surface area contributed by atoms with Gasteiger partial charge in [0.05, 0.1) is 15.5 Å². The van der Waals surface area contributed by atoms with Gasteiger partial charge in [-0.1, -0.05) is 18.2 Å². The van der Waals surface area contributed by atoms with Gasteiger partial charge in [-0.25, -0.2) is 4.21 Å². The van der Waals surface area contributed by atoms with Crippen LogP contribution in [0, 0.1) is 10.1 Å². The minimum absolute atomic E-state index is 0.0704. The first kappa shape index (κ1) is 13.0. The third kappa shape index (κ3) is 3.08. The van der Waals surface area contributed by atoms with Crippen molar-refractivity contribution >= 4 is 28.0 Å². The SMILES string of the molecule is Nc1ccc(NS(=O)c2ccccc2)cc1[N+](=O)[O-]. The highest BCUT2D eigenvalue weighted by Crippen LogP contribution is 2.25. The van der Waals surface area contributed by atoms with Crippen molar-refractivity contribution in [2.24, 2.45) is 0 Å². The first-order chi connectivity index (χ1) is 9.08. The zero-order valence-electron chi connectivity index (χ0n) is 9.78. The van der Waals surface area contributed by atoms with E-state index in [1.165, 1.54) is 12.1 Å². The zero-order chi connectivity index (χ0) is 13.8. The van der Waals surface area contributed by atoms with Crippen LogP contribution < -0.4 is 10.5 Å². The van der Waals surface area contributed by atoms with Gasteiger partial charge in [-0.2, -0.15) is 0 Å². The van der Waals surface area contributed by atoms with E-state index in [1.807, 2.05) is 6.07 Å². The molecule has 0 aliphatic carbocycles. The molecule has 0 aromatic heterocycles. The maximum absolute atomic E-state index is 12.0. The minimum atomic E-state index is -1.48. The standard InChI is InChI=1S/C12H11N3O3S/c13-11-7-6-9(8-12(11)15(16)17)14-19(18)10-4-2-1-3-5-10/h1-8,14H,13H2. The molecule has 0 heterocycles. The van der Waals surface area contributed by atoms with Gasteiger partial charge in [0.2, 0.25) is 0 Å². The van der Waals surface area contributed by atoms with Gasteiger partial charge in [-0.3, -0.25) is 10.1 Å². The van der Waals surface area contributed by atoms with E-state index in [4.69, 9.17) is 5.73 Å². The number of nitrogens with two attached hydrogens (primary N) is 1. The molecule has 1 unspecified atom stereocenters. The fourth-order valence-electron chi connectivity index (χ4n) is 1.48. The highest BCUT2D eigenvalue weighted by Gasteiger charge is 2.13. The van der Waals surface area contributed by atoms with E-state index in [9.17, 15) is 14.3 Å². The Hall–Kier alpha value is -2.41. The number of nitrogens with zero attached hydrogens (tertiary/aromatic N) is 1. The van der Waals surface area contributed by atoms with Crippen LogP contribution in [-0.2, 0) is 11.0 Å². The Morgan fingerprint density at radius 2 is 1.84 bits per heavy atom. The highest BCUT2D eigenvalue weighted by molar-refractivity contribution is 7.86. The molecule has 2 aromatic rings. The lowest BCUT2D eigenvalue weighted by Crippen LogP contribution is -2.05. The zero-order valence-corrected chi connectivity index (χ0v) is 10.6. The predicted molar refractivity (Wildman–Crippen MR) is 74.0 cm³/mol. The van der Waals surface area contributed by atoms with E-state index in [0.29, 0.717) is 10.6 Å². The lowest BCUT2D eigenvalue weighted by molar-refractivity contribution is -0.383. The molecule has 1 atom stereocenters. The van der Waals surface area contributed by atoms with E-state index >= 15 is 0 Å². The summed E-state index contributed by atoms with van der Waals surface area (Å²) in [7, 11) is -1.48. The lowest BCUT2D eigenvalue weighted by Gasteiger charge is -2.06. The molecule has 98 valence electrons. The molecule has 7 heteroatoms. The molecule has 0 aliphatic rings. The molecule has 0 aliphatic heterocycles. The number of nitrogens with one attached hydrogen (secondary N) is 1. The topological polar surface area (TPSA) is 98.3 Å². The van der Waals surface area contributed by atoms with Crippen molar-refractivity contribution in [3.63, 3.8) is 0 Å². The molecule has 0 fully saturated rings. The Labute approximate surface area is 112 Å². The van der Waals surface area contributed by atoms with E-state index in [-0.39, 0.29) is 11.4 Å². The summed E-state index contributed by atoms with van der Waals surface area (Å²) in [6, 6.07) is 13.0. The molecular weight excluding hydrogens is 266 g/mol. The van der Waals surface area contributed by atoms with Crippen LogP contribution in [0.2, 0.25) is 0 Å². The number of benzene rings is 2. The van der Waals surface area contributed by atoms with Crippen molar-refractivity contribution in [2.45, 2.75) is 4.90 Å². The molecule has 3 N–H and O–H groups in total. The van der Waals surface area contributed by atoms with Crippen molar-refractivity contribution in [2.75, 3.05) is 10.5 Å². The first-order valence-electron chi connectivity index (χ1n) is 5.35. The Balaban J connectivity index is 2.23. The normalized spacial score (nSPS) is 11.8. The summed E-state index contributed by atoms with van der Waals surface area (Å²) in [5.74, 6) is 0. The molecule has 2 aromatic carbocycles. The first-order valence-corrected chi connectivity index (χ1v) is 6.50. The van der Waals surface area contributed by atoms with Gasteiger partial charge in [0.1, 0.15) is 16.7 Å². The predicted octanol–water partition coefficient (Wildman–Crippen LogP) is 2.31. The fraction of sp³-hybridized carbons (Fsp3) is 0. The van der Waals surface area contributed by atoms with E-state index in [2.05, 4.69) is 4.72 Å². The van der Waals surface area contributed by atoms with Gasteiger partial charge in [-0.15, -0.1) is 0 Å². The van der Waals surface area contributed by atoms with Crippen LogP contribution in [0.1, 0.15) is 0 Å². The number of rotatable bonds is 4. The summed E-state index contributed by atoms with van der Waals surface area (Å²) in [6.45, 7) is 0. The van der Waals surface area contributed by atoms with Crippen LogP contribution in [-0.4, -0.2) is 9.13 Å². The molecule has 6 nitrogen and oxygen atoms in total. The van der Waals surface area contributed by atoms with Crippen LogP contribution >= 0.6 is 0 Å². The molecule has 19 heavy (non-hydrogen) atoms. The minimum Gasteiger partial charge on any atom is -0.393 e. The summed E-state index contributed by atoms with van der Waals surface area (Å²) in [5.41, 5.74) is 5.72. The Morgan fingerprint density at radius 1 is 1.16 bits per heavy atom. The number of hydrogen-bond donors (Lipinski definition) is 2. The second-order valence-electron chi connectivity index (χ2n) is 3.71. The quantitative estimate of drug-likeness (QED) is 0.509. The van der Waals surface area contributed by atoms with Crippen LogP contribution in [0.4, 0.5) is 17.1 Å². The van der Waals surface area contributed by atoms with Gasteiger partial charge < -0.3 is 10.5 Å². The van der Waals surface area contributed by atoms with E-state index in [0.717, 1.165) is 0 Å². The van der Waals surface area contributed by atoms with Crippen molar-refractivity contribution in [3.05, 3.63) is 58.6 Å². The third-order valence-corrected chi connectivity index (χ3v) is 3.52. The molecule has 0 radical (unpaired) electrons. The smallest absolute Gasteiger partial charge is 0.294 e. The number of hydrogen-bond acceptors (Lipinski definition) is 4. The van der Waals surface area contributed by atoms with Crippen molar-refractivity contribution in [1.82, 2.24) is 0 Å². The van der Waals surface area contributed by atoms with Gasteiger partial charge in [0.15, 0.2) is 0 Å². The van der Waals surface area contributed by atoms with Gasteiger partial charge in [-0.05, 0) is 24.3 Å². The van der Waals surface area contributed by atoms with E-state index in [1.54, 1.807) is 30.3 Å². The molecule has 0 spiro atoms. The van der Waals surface area contributed by atoms with Crippen molar-refractivity contribution < 1.29 is 9.13 Å². The monoisotopic (exact) mass is 277 g/mol. The molecule has 0 saturated heterocycles. The van der Waals surface area contributed by atoms with Crippen LogP contribution in [0.15, 0.2) is 53.4 Å². The summed E-state index contributed by atoms with van der Waals surface area (Å²) in [6.07, 6.45) is 0. The number of nitro groups is 1. The average molecular weight is 277 g/mol. The molecule has 0 bridgehead atoms. The molecule has 0 amide bonds. The molecule has 2 rings (SSSR count). The number of nitrogen functional groups attached to an aromatic ring is 1. The summed E-state index contributed by atoms with van der Waals surface area (Å²) in [4.78, 5) is 10.8. The average Bonchev–Trinajstić information content (AvgIpc) is 2.41. The lowest BCUT2D eigenvalue weighted by atomic mass is 10.2. The highest BCUT2D eigenvalue weighted by atomic mass is 32.2. The molecule has 0 saturated carbocycles. The largest absolute Gasteiger partial charge is 0.393 e. The second-order valence-corrected chi connectivity index (χ2v) is 4.93. The van der Waals surface area contributed by atoms with Gasteiger partial charge >= 0.3 is 0 Å². The maximum Gasteiger partial charge on any atom is 0.294 e. The molecular formula is C12H11N3O3S.